The van der Waals surface area contributed by atoms with E-state index in [2.05, 4.69) is 42.0 Å². The van der Waals surface area contributed by atoms with E-state index >= 15 is 0 Å². The highest BCUT2D eigenvalue weighted by atomic mass is 32.2. The second kappa shape index (κ2) is 7.23. The van der Waals surface area contributed by atoms with Gasteiger partial charge in [-0.15, -0.1) is 0 Å². The number of nitrogens with one attached hydrogen (secondary N) is 1. The van der Waals surface area contributed by atoms with E-state index in [0.717, 1.165) is 31.4 Å². The van der Waals surface area contributed by atoms with Gasteiger partial charge in [-0.05, 0) is 37.8 Å². The summed E-state index contributed by atoms with van der Waals surface area (Å²) in [5.74, 6) is 1.01. The highest BCUT2D eigenvalue weighted by Crippen LogP contribution is 2.34. The Morgan fingerprint density at radius 2 is 2.08 bits per heavy atom. The maximum absolute atomic E-state index is 12.2. The van der Waals surface area contributed by atoms with Crippen LogP contribution in [0.5, 0.6) is 0 Å². The van der Waals surface area contributed by atoms with Gasteiger partial charge in [0.2, 0.25) is 0 Å². The molecule has 1 saturated carbocycles. The number of hydrogen-bond donors (Lipinski definition) is 1. The van der Waals surface area contributed by atoms with Crippen molar-refractivity contribution in [3.8, 4) is 6.07 Å². The van der Waals surface area contributed by atoms with Crippen molar-refractivity contribution < 1.29 is 0 Å². The monoisotopic (exact) mass is 339 g/mol. The van der Waals surface area contributed by atoms with Gasteiger partial charge in [-0.2, -0.15) is 5.26 Å². The summed E-state index contributed by atoms with van der Waals surface area (Å²) in [5, 5.41) is 9.92. The zero-order valence-electron chi connectivity index (χ0n) is 14.1. The number of thioether (sulfide) groups is 1. The smallest absolute Gasteiger partial charge is 0.269 e. The molecular weight excluding hydrogens is 318 g/mol. The Labute approximate surface area is 146 Å². The molecule has 5 heteroatoms. The largest absolute Gasteiger partial charge is 0.300 e. The number of benzene rings is 1. The van der Waals surface area contributed by atoms with E-state index in [-0.39, 0.29) is 17.0 Å². The van der Waals surface area contributed by atoms with Crippen LogP contribution in [0.1, 0.15) is 59.5 Å². The molecule has 24 heavy (non-hydrogen) atoms. The molecule has 0 radical (unpaired) electrons. The SMILES string of the molecule is Cc1ccc(C)c(CSc2nc(C3CCCC3)c(C#N)c(=O)[nH]2)c1. The Kier molecular flexibility index (Phi) is 5.06. The third-order valence-electron chi connectivity index (χ3n) is 4.65. The molecular formula is C19H21N3OS. The highest BCUT2D eigenvalue weighted by molar-refractivity contribution is 7.98. The molecule has 1 aliphatic carbocycles. The molecule has 0 aliphatic heterocycles. The maximum Gasteiger partial charge on any atom is 0.269 e. The third kappa shape index (κ3) is 3.54. The average Bonchev–Trinajstić information content (AvgIpc) is 3.09. The fourth-order valence-electron chi connectivity index (χ4n) is 3.24. The number of rotatable bonds is 4. The van der Waals surface area contributed by atoms with Crippen LogP contribution in [0.3, 0.4) is 0 Å². The van der Waals surface area contributed by atoms with Gasteiger partial charge >= 0.3 is 0 Å². The second-order valence-electron chi connectivity index (χ2n) is 6.44. The van der Waals surface area contributed by atoms with Crippen LogP contribution in [-0.2, 0) is 5.75 Å². The van der Waals surface area contributed by atoms with Crippen LogP contribution in [-0.4, -0.2) is 9.97 Å². The molecule has 1 heterocycles. The minimum Gasteiger partial charge on any atom is -0.300 e. The molecule has 1 aliphatic rings. The van der Waals surface area contributed by atoms with Crippen molar-refractivity contribution >= 4 is 11.8 Å². The first-order valence-electron chi connectivity index (χ1n) is 8.31. The fourth-order valence-corrected chi connectivity index (χ4v) is 4.17. The Morgan fingerprint density at radius 1 is 1.33 bits per heavy atom. The minimum absolute atomic E-state index is 0.193. The van der Waals surface area contributed by atoms with Gasteiger partial charge in [0.15, 0.2) is 5.16 Å². The lowest BCUT2D eigenvalue weighted by atomic mass is 10.0. The number of nitrogens with zero attached hydrogens (tertiary/aromatic N) is 2. The van der Waals surface area contributed by atoms with Gasteiger partial charge < -0.3 is 4.98 Å². The van der Waals surface area contributed by atoms with Crippen molar-refractivity contribution in [1.82, 2.24) is 9.97 Å². The zero-order valence-corrected chi connectivity index (χ0v) is 14.9. The lowest BCUT2D eigenvalue weighted by molar-refractivity contribution is 0.671. The molecule has 3 rings (SSSR count). The predicted molar refractivity (Wildman–Crippen MR) is 96.3 cm³/mol. The molecule has 1 N–H and O–H groups in total. The number of aromatic nitrogens is 2. The van der Waals surface area contributed by atoms with E-state index in [1.165, 1.54) is 28.5 Å². The van der Waals surface area contributed by atoms with Crippen LogP contribution in [0.25, 0.3) is 0 Å². The average molecular weight is 339 g/mol. The normalized spacial score (nSPS) is 14.7. The van der Waals surface area contributed by atoms with Crippen LogP contribution in [0.15, 0.2) is 28.2 Å². The van der Waals surface area contributed by atoms with E-state index in [1.54, 1.807) is 0 Å². The zero-order chi connectivity index (χ0) is 17.1. The number of H-pyrrole nitrogens is 1. The Hall–Kier alpha value is -2.06. The van der Waals surface area contributed by atoms with E-state index < -0.39 is 0 Å². The molecule has 2 aromatic rings. The molecule has 1 aromatic carbocycles. The molecule has 124 valence electrons. The first kappa shape index (κ1) is 16.8. The molecule has 4 nitrogen and oxygen atoms in total. The lowest BCUT2D eigenvalue weighted by Gasteiger charge is -2.12. The van der Waals surface area contributed by atoms with Gasteiger partial charge in [-0.1, -0.05) is 48.4 Å². The Morgan fingerprint density at radius 3 is 2.79 bits per heavy atom. The van der Waals surface area contributed by atoms with Crippen molar-refractivity contribution in [2.45, 2.75) is 56.4 Å². The molecule has 0 spiro atoms. The van der Waals surface area contributed by atoms with Crippen LogP contribution in [0, 0.1) is 25.2 Å². The topological polar surface area (TPSA) is 69.5 Å². The van der Waals surface area contributed by atoms with Crippen LogP contribution < -0.4 is 5.56 Å². The quantitative estimate of drug-likeness (QED) is 0.669. The van der Waals surface area contributed by atoms with E-state index in [1.807, 2.05) is 6.07 Å². The molecule has 0 saturated heterocycles. The summed E-state index contributed by atoms with van der Waals surface area (Å²) in [5.41, 5.74) is 4.29. The van der Waals surface area contributed by atoms with E-state index in [9.17, 15) is 10.1 Å². The Bertz CT molecular complexity index is 845. The number of nitriles is 1. The van der Waals surface area contributed by atoms with E-state index in [4.69, 9.17) is 0 Å². The molecule has 0 unspecified atom stereocenters. The molecule has 1 fully saturated rings. The van der Waals surface area contributed by atoms with Gasteiger partial charge in [0.05, 0.1) is 5.69 Å². The lowest BCUT2D eigenvalue weighted by Crippen LogP contribution is -2.18. The summed E-state index contributed by atoms with van der Waals surface area (Å²) in [7, 11) is 0. The number of aryl methyl sites for hydroxylation is 2. The Balaban J connectivity index is 1.87. The van der Waals surface area contributed by atoms with Crippen molar-refractivity contribution in [3.05, 3.63) is 56.5 Å². The number of hydrogen-bond acceptors (Lipinski definition) is 4. The van der Waals surface area contributed by atoms with Crippen molar-refractivity contribution in [2.75, 3.05) is 0 Å². The second-order valence-corrected chi connectivity index (χ2v) is 7.41. The first-order valence-corrected chi connectivity index (χ1v) is 9.30. The maximum atomic E-state index is 12.2. The van der Waals surface area contributed by atoms with Crippen LogP contribution >= 0.6 is 11.8 Å². The van der Waals surface area contributed by atoms with Gasteiger partial charge in [0.25, 0.3) is 5.56 Å². The van der Waals surface area contributed by atoms with Crippen molar-refractivity contribution in [3.63, 3.8) is 0 Å². The fraction of sp³-hybridized carbons (Fsp3) is 0.421. The predicted octanol–water partition coefficient (Wildman–Crippen LogP) is 4.21. The standard InChI is InChI=1S/C19H21N3OS/c1-12-7-8-13(2)15(9-12)11-24-19-21-17(14-5-3-4-6-14)16(10-20)18(23)22-19/h7-9,14H,3-6,11H2,1-2H3,(H,21,22,23). The minimum atomic E-state index is -0.308. The van der Waals surface area contributed by atoms with Crippen LogP contribution in [0.2, 0.25) is 0 Å². The summed E-state index contributed by atoms with van der Waals surface area (Å²) >= 11 is 1.53. The van der Waals surface area contributed by atoms with Crippen LogP contribution in [0.4, 0.5) is 0 Å². The van der Waals surface area contributed by atoms with Gasteiger partial charge in [-0.25, -0.2) is 4.98 Å². The van der Waals surface area contributed by atoms with Gasteiger partial charge in [0, 0.05) is 11.7 Å². The first-order chi connectivity index (χ1) is 11.6. The molecule has 1 aromatic heterocycles. The van der Waals surface area contributed by atoms with Crippen molar-refractivity contribution in [2.24, 2.45) is 0 Å². The summed E-state index contributed by atoms with van der Waals surface area (Å²) < 4.78 is 0. The summed E-state index contributed by atoms with van der Waals surface area (Å²) in [6.45, 7) is 4.17. The highest BCUT2D eigenvalue weighted by Gasteiger charge is 2.24. The summed E-state index contributed by atoms with van der Waals surface area (Å²) in [6.07, 6.45) is 4.34. The summed E-state index contributed by atoms with van der Waals surface area (Å²) in [4.78, 5) is 19.7. The van der Waals surface area contributed by atoms with E-state index in [0.29, 0.717) is 10.9 Å². The van der Waals surface area contributed by atoms with Crippen molar-refractivity contribution in [1.29, 1.82) is 5.26 Å². The molecule has 0 atom stereocenters. The summed E-state index contributed by atoms with van der Waals surface area (Å²) in [6, 6.07) is 8.43. The third-order valence-corrected chi connectivity index (χ3v) is 5.57. The molecule has 0 amide bonds. The van der Waals surface area contributed by atoms with Gasteiger partial charge in [0.1, 0.15) is 11.6 Å². The molecule has 0 bridgehead atoms. The van der Waals surface area contributed by atoms with Gasteiger partial charge in [-0.3, -0.25) is 4.79 Å². The number of aromatic amines is 1.